The molecule has 39 heavy (non-hydrogen) atoms. The van der Waals surface area contributed by atoms with Gasteiger partial charge in [-0.05, 0) is 84.1 Å². The zero-order valence-electron chi connectivity index (χ0n) is 23.6. The number of nitrogen functional groups attached to an aromatic ring is 1. The fourth-order valence-corrected chi connectivity index (χ4v) is 7.25. The maximum absolute atomic E-state index is 13.2. The van der Waals surface area contributed by atoms with E-state index < -0.39 is 17.0 Å². The van der Waals surface area contributed by atoms with Crippen molar-refractivity contribution in [1.29, 1.82) is 0 Å². The molecule has 3 aromatic heterocycles. The van der Waals surface area contributed by atoms with Gasteiger partial charge in [0.05, 0.1) is 29.5 Å². The van der Waals surface area contributed by atoms with E-state index >= 15 is 0 Å². The lowest BCUT2D eigenvalue weighted by atomic mass is 9.90. The fourth-order valence-electron chi connectivity index (χ4n) is 6.13. The number of hydrogen-bond donors (Lipinski definition) is 3. The maximum atomic E-state index is 13.2. The van der Waals surface area contributed by atoms with Gasteiger partial charge in [-0.3, -0.25) is 4.79 Å². The van der Waals surface area contributed by atoms with E-state index in [0.717, 1.165) is 57.8 Å². The normalized spacial score (nSPS) is 24.8. The largest absolute Gasteiger partial charge is 0.397 e. The summed E-state index contributed by atoms with van der Waals surface area (Å²) in [5, 5.41) is 4.09. The lowest BCUT2D eigenvalue weighted by Crippen LogP contribution is -2.49. The lowest BCUT2D eigenvalue weighted by molar-refractivity contribution is -0.183. The van der Waals surface area contributed by atoms with Crippen molar-refractivity contribution in [1.82, 2.24) is 15.3 Å². The van der Waals surface area contributed by atoms with E-state index in [1.54, 1.807) is 0 Å². The Morgan fingerprint density at radius 2 is 1.87 bits per heavy atom. The summed E-state index contributed by atoms with van der Waals surface area (Å²) in [4.78, 5) is 26.3. The van der Waals surface area contributed by atoms with Crippen LogP contribution in [0.1, 0.15) is 66.3 Å². The number of ether oxygens (including phenoxy) is 2. The van der Waals surface area contributed by atoms with Gasteiger partial charge in [0.25, 0.3) is 5.91 Å². The molecule has 2 aliphatic heterocycles. The summed E-state index contributed by atoms with van der Waals surface area (Å²) in [5.41, 5.74) is 16.8. The number of aromatic nitrogens is 2. The third-order valence-corrected chi connectivity index (χ3v) is 9.94. The molecular weight excluding hydrogens is 512 g/mol. The molecule has 1 spiro atoms. The first-order chi connectivity index (χ1) is 18.3. The molecule has 1 aliphatic carbocycles. The van der Waals surface area contributed by atoms with Crippen LogP contribution in [0.3, 0.4) is 0 Å². The Morgan fingerprint density at radius 3 is 2.59 bits per heavy atom. The molecule has 2 atom stereocenters. The van der Waals surface area contributed by atoms with Crippen LogP contribution in [0.2, 0.25) is 0 Å². The van der Waals surface area contributed by atoms with Crippen LogP contribution in [-0.2, 0) is 22.3 Å². The highest BCUT2D eigenvalue weighted by Gasteiger charge is 2.62. The molecule has 208 valence electrons. The Balaban J connectivity index is 1.15. The number of anilines is 2. The Bertz CT molecular complexity index is 1470. The van der Waals surface area contributed by atoms with E-state index in [9.17, 15) is 4.79 Å². The second kappa shape index (κ2) is 8.86. The molecule has 3 aliphatic rings. The van der Waals surface area contributed by atoms with Crippen LogP contribution in [0.25, 0.3) is 10.2 Å². The minimum absolute atomic E-state index is 0.0197. The van der Waals surface area contributed by atoms with Gasteiger partial charge in [-0.1, -0.05) is 6.07 Å². The fraction of sp³-hybridized carbons (Fsp3) is 0.552. The molecule has 0 bridgehead atoms. The minimum atomic E-state index is -0.846. The van der Waals surface area contributed by atoms with Gasteiger partial charge in [0.1, 0.15) is 15.5 Å². The number of nitrogens with two attached hydrogens (primary N) is 2. The van der Waals surface area contributed by atoms with Crippen LogP contribution in [0.4, 0.5) is 11.5 Å². The number of fused-ring (bicyclic) bond motifs is 2. The zero-order chi connectivity index (χ0) is 27.9. The van der Waals surface area contributed by atoms with Crippen LogP contribution in [0, 0.1) is 13.8 Å². The van der Waals surface area contributed by atoms with Gasteiger partial charge in [-0.2, -0.15) is 0 Å². The number of pyridine rings is 2. The average molecular weight is 551 g/mol. The van der Waals surface area contributed by atoms with Crippen molar-refractivity contribution in [2.24, 2.45) is 5.73 Å². The summed E-state index contributed by atoms with van der Waals surface area (Å²) in [5.74, 6) is -0.0972. The van der Waals surface area contributed by atoms with Crippen LogP contribution in [0.5, 0.6) is 0 Å². The van der Waals surface area contributed by atoms with Crippen molar-refractivity contribution >= 4 is 39.0 Å². The number of amides is 1. The summed E-state index contributed by atoms with van der Waals surface area (Å²) < 4.78 is 12.9. The van der Waals surface area contributed by atoms with E-state index in [1.807, 2.05) is 26.0 Å². The summed E-state index contributed by atoms with van der Waals surface area (Å²) >= 11 is 1.36. The third kappa shape index (κ3) is 4.28. The van der Waals surface area contributed by atoms with Gasteiger partial charge in [0, 0.05) is 29.4 Å². The second-order valence-electron chi connectivity index (χ2n) is 12.3. The minimum Gasteiger partial charge on any atom is -0.397 e. The van der Waals surface area contributed by atoms with Crippen molar-refractivity contribution in [3.63, 3.8) is 0 Å². The molecule has 2 fully saturated rings. The monoisotopic (exact) mass is 550 g/mol. The number of rotatable bonds is 3. The SMILES string of the molecule is Cc1cc(C)c2c(N)c(C(=O)NC3CCc4nc(N5CC(N)C6(C5)OC(C)(C)C(C)(C)O6)ccc4C3)sc2n1. The Morgan fingerprint density at radius 1 is 1.15 bits per heavy atom. The van der Waals surface area contributed by atoms with Gasteiger partial charge >= 0.3 is 0 Å². The first kappa shape index (κ1) is 26.4. The number of carbonyl (C=O) groups is 1. The van der Waals surface area contributed by atoms with Crippen LogP contribution < -0.4 is 21.7 Å². The molecule has 1 amide bonds. The number of hydrogen-bond acceptors (Lipinski definition) is 9. The van der Waals surface area contributed by atoms with Crippen molar-refractivity contribution in [3.8, 4) is 0 Å². The van der Waals surface area contributed by atoms with Gasteiger partial charge in [-0.25, -0.2) is 9.97 Å². The number of thiophene rings is 1. The molecule has 2 unspecified atom stereocenters. The van der Waals surface area contributed by atoms with E-state index in [0.29, 0.717) is 23.7 Å². The predicted molar refractivity (Wildman–Crippen MR) is 154 cm³/mol. The molecular formula is C29H38N6O3S. The molecule has 2 saturated heterocycles. The number of carbonyl (C=O) groups excluding carboxylic acids is 1. The topological polar surface area (TPSA) is 129 Å². The molecule has 5 heterocycles. The van der Waals surface area contributed by atoms with E-state index in [-0.39, 0.29) is 18.0 Å². The molecule has 6 rings (SSSR count). The highest BCUT2D eigenvalue weighted by molar-refractivity contribution is 7.21. The average Bonchev–Trinajstić information content (AvgIpc) is 3.40. The van der Waals surface area contributed by atoms with Crippen molar-refractivity contribution < 1.29 is 14.3 Å². The molecule has 0 saturated carbocycles. The smallest absolute Gasteiger partial charge is 0.263 e. The van der Waals surface area contributed by atoms with E-state index in [1.165, 1.54) is 11.3 Å². The number of nitrogens with one attached hydrogen (secondary N) is 1. The first-order valence-corrected chi connectivity index (χ1v) is 14.5. The molecule has 0 radical (unpaired) electrons. The summed E-state index contributed by atoms with van der Waals surface area (Å²) in [6.45, 7) is 13.3. The van der Waals surface area contributed by atoms with Gasteiger partial charge < -0.3 is 31.2 Å². The molecule has 10 heteroatoms. The predicted octanol–water partition coefficient (Wildman–Crippen LogP) is 3.63. The van der Waals surface area contributed by atoms with Crippen LogP contribution in [0.15, 0.2) is 18.2 Å². The Hall–Kier alpha value is -2.79. The summed E-state index contributed by atoms with van der Waals surface area (Å²) in [7, 11) is 0. The van der Waals surface area contributed by atoms with Crippen molar-refractivity contribution in [2.75, 3.05) is 23.7 Å². The molecule has 5 N–H and O–H groups in total. The van der Waals surface area contributed by atoms with Gasteiger partial charge in [0.15, 0.2) is 0 Å². The van der Waals surface area contributed by atoms with Gasteiger partial charge in [0.2, 0.25) is 5.79 Å². The molecule has 9 nitrogen and oxygen atoms in total. The first-order valence-electron chi connectivity index (χ1n) is 13.7. The Labute approximate surface area is 233 Å². The number of nitrogens with zero attached hydrogens (tertiary/aromatic N) is 3. The van der Waals surface area contributed by atoms with Crippen molar-refractivity contribution in [2.45, 2.75) is 89.9 Å². The summed E-state index contributed by atoms with van der Waals surface area (Å²) in [6.07, 6.45) is 2.33. The van der Waals surface area contributed by atoms with Crippen LogP contribution in [-0.4, -0.2) is 58.0 Å². The highest BCUT2D eigenvalue weighted by atomic mass is 32.1. The van der Waals surface area contributed by atoms with Crippen LogP contribution >= 0.6 is 11.3 Å². The third-order valence-electron chi connectivity index (χ3n) is 8.84. The molecule has 0 aromatic carbocycles. The quantitative estimate of drug-likeness (QED) is 0.451. The highest BCUT2D eigenvalue weighted by Crippen LogP contribution is 2.47. The lowest BCUT2D eigenvalue weighted by Gasteiger charge is -2.30. The zero-order valence-corrected chi connectivity index (χ0v) is 24.4. The maximum Gasteiger partial charge on any atom is 0.263 e. The van der Waals surface area contributed by atoms with Crippen molar-refractivity contribution in [3.05, 3.63) is 45.6 Å². The van der Waals surface area contributed by atoms with E-state index in [2.05, 4.69) is 49.0 Å². The molecule has 3 aromatic rings. The summed E-state index contributed by atoms with van der Waals surface area (Å²) in [6, 6.07) is 5.91. The second-order valence-corrected chi connectivity index (χ2v) is 13.3. The standard InChI is InChI=1S/C29H38N6O3S/c1-15-11-16(2)32-26-22(15)23(31)24(39-26)25(36)33-18-8-9-19-17(12-18)7-10-21(34-19)35-13-20(30)29(14-35)37-27(3,4)28(5,6)38-29/h7,10-11,18,20H,8-9,12-14,30-31H2,1-6H3,(H,33,36). The van der Waals surface area contributed by atoms with Gasteiger partial charge in [-0.15, -0.1) is 11.3 Å². The number of aryl methyl sites for hydroxylation is 3. The van der Waals surface area contributed by atoms with E-state index in [4.69, 9.17) is 25.9 Å². The Kier molecular flexibility index (Phi) is 6.00.